The highest BCUT2D eigenvalue weighted by molar-refractivity contribution is 7.80. The van der Waals surface area contributed by atoms with Gasteiger partial charge in [0.2, 0.25) is 0 Å². The Balaban J connectivity index is 1.35. The molecular formula is C27H24N4O2S2. The Hall–Kier alpha value is -3.75. The van der Waals surface area contributed by atoms with Gasteiger partial charge in [-0.15, -0.1) is 11.3 Å². The van der Waals surface area contributed by atoms with Crippen molar-refractivity contribution in [3.63, 3.8) is 0 Å². The number of thiocarbonyl (C=S) groups is 1. The minimum absolute atomic E-state index is 0.0305. The van der Waals surface area contributed by atoms with E-state index in [-0.39, 0.29) is 24.6 Å². The smallest absolute Gasteiger partial charge is 0.262 e. The standard InChI is InChI=1S/C27H24N4O2S2/c1-18-14-16-35-26(18)25-24(22-9-5-6-15-28-22)30-27(34)31(25)20-12-10-19(11-13-20)29-23(32)17-33-21-7-3-2-4-8-21/h2-16,24-25H,17H2,1H3,(H,29,32)(H,30,34)/t24-,25-/m1/s1. The molecule has 1 aliphatic rings. The first-order valence-electron chi connectivity index (χ1n) is 11.2. The summed E-state index contributed by atoms with van der Waals surface area (Å²) in [6.45, 7) is 2.06. The number of aryl methyl sites for hydroxylation is 1. The van der Waals surface area contributed by atoms with E-state index in [9.17, 15) is 4.79 Å². The molecule has 1 saturated heterocycles. The average Bonchev–Trinajstić information content (AvgIpc) is 3.46. The summed E-state index contributed by atoms with van der Waals surface area (Å²) >= 11 is 7.50. The monoisotopic (exact) mass is 500 g/mol. The number of carbonyl (C=O) groups is 1. The van der Waals surface area contributed by atoms with Gasteiger partial charge in [0.15, 0.2) is 11.7 Å². The van der Waals surface area contributed by atoms with Crippen molar-refractivity contribution in [2.45, 2.75) is 19.0 Å². The zero-order valence-electron chi connectivity index (χ0n) is 19.0. The van der Waals surface area contributed by atoms with E-state index in [1.54, 1.807) is 17.5 Å². The van der Waals surface area contributed by atoms with Gasteiger partial charge in [0, 0.05) is 22.4 Å². The Morgan fingerprint density at radius 2 is 1.86 bits per heavy atom. The molecule has 176 valence electrons. The van der Waals surface area contributed by atoms with Gasteiger partial charge in [-0.25, -0.2) is 0 Å². The minimum Gasteiger partial charge on any atom is -0.484 e. The fourth-order valence-corrected chi connectivity index (χ4v) is 5.55. The van der Waals surface area contributed by atoms with Crippen molar-refractivity contribution in [3.8, 4) is 5.75 Å². The maximum Gasteiger partial charge on any atom is 0.262 e. The summed E-state index contributed by atoms with van der Waals surface area (Å²) in [4.78, 5) is 20.3. The molecule has 3 heterocycles. The lowest BCUT2D eigenvalue weighted by Gasteiger charge is -2.27. The average molecular weight is 501 g/mol. The molecule has 6 nitrogen and oxygen atoms in total. The van der Waals surface area contributed by atoms with Crippen LogP contribution in [0.15, 0.2) is 90.4 Å². The lowest BCUT2D eigenvalue weighted by Crippen LogP contribution is -2.29. The lowest BCUT2D eigenvalue weighted by atomic mass is 10.0. The van der Waals surface area contributed by atoms with Crippen LogP contribution in [0.5, 0.6) is 5.75 Å². The molecule has 0 aliphatic carbocycles. The SMILES string of the molecule is Cc1ccsc1[C@H]1[C@@H](c2ccccn2)NC(=S)N1c1ccc(NC(=O)COc2ccccc2)cc1. The van der Waals surface area contributed by atoms with Crippen molar-refractivity contribution >= 4 is 45.9 Å². The van der Waals surface area contributed by atoms with Gasteiger partial charge in [0.1, 0.15) is 5.75 Å². The number of hydrogen-bond acceptors (Lipinski definition) is 5. The van der Waals surface area contributed by atoms with Crippen LogP contribution in [-0.2, 0) is 4.79 Å². The first-order valence-corrected chi connectivity index (χ1v) is 12.5. The number of benzene rings is 2. The fourth-order valence-electron chi connectivity index (χ4n) is 4.15. The topological polar surface area (TPSA) is 66.5 Å². The second-order valence-electron chi connectivity index (χ2n) is 8.16. The van der Waals surface area contributed by atoms with Crippen LogP contribution in [0.25, 0.3) is 0 Å². The third-order valence-corrected chi connectivity index (χ3v) is 7.21. The largest absolute Gasteiger partial charge is 0.484 e. The van der Waals surface area contributed by atoms with Gasteiger partial charge in [-0.05, 0) is 84.7 Å². The Labute approximate surface area is 213 Å². The van der Waals surface area contributed by atoms with Crippen LogP contribution < -0.4 is 20.3 Å². The summed E-state index contributed by atoms with van der Waals surface area (Å²) in [7, 11) is 0. The summed E-state index contributed by atoms with van der Waals surface area (Å²) in [5.74, 6) is 0.438. The highest BCUT2D eigenvalue weighted by Gasteiger charge is 2.41. The molecule has 2 aromatic carbocycles. The summed E-state index contributed by atoms with van der Waals surface area (Å²) in [6, 6.07) is 24.9. The zero-order valence-corrected chi connectivity index (χ0v) is 20.7. The molecule has 8 heteroatoms. The number of nitrogens with one attached hydrogen (secondary N) is 2. The number of anilines is 2. The molecule has 2 atom stereocenters. The van der Waals surface area contributed by atoms with Crippen LogP contribution in [0.2, 0.25) is 0 Å². The van der Waals surface area contributed by atoms with E-state index >= 15 is 0 Å². The molecule has 0 bridgehead atoms. The number of thiophene rings is 1. The lowest BCUT2D eigenvalue weighted by molar-refractivity contribution is -0.118. The van der Waals surface area contributed by atoms with E-state index in [2.05, 4.69) is 38.9 Å². The minimum atomic E-state index is -0.220. The second kappa shape index (κ2) is 10.2. The quantitative estimate of drug-likeness (QED) is 0.320. The van der Waals surface area contributed by atoms with E-state index in [0.29, 0.717) is 16.5 Å². The molecular weight excluding hydrogens is 476 g/mol. The van der Waals surface area contributed by atoms with Crippen molar-refractivity contribution in [3.05, 3.63) is 107 Å². The number of aromatic nitrogens is 1. The second-order valence-corrected chi connectivity index (χ2v) is 9.50. The summed E-state index contributed by atoms with van der Waals surface area (Å²) in [5.41, 5.74) is 3.80. The van der Waals surface area contributed by atoms with Crippen LogP contribution >= 0.6 is 23.6 Å². The number of pyridine rings is 1. The molecule has 0 spiro atoms. The number of nitrogens with zero attached hydrogens (tertiary/aromatic N) is 2. The number of hydrogen-bond donors (Lipinski definition) is 2. The van der Waals surface area contributed by atoms with Crippen LogP contribution in [0.1, 0.15) is 28.2 Å². The molecule has 0 unspecified atom stereocenters. The predicted octanol–water partition coefficient (Wildman–Crippen LogP) is 5.65. The van der Waals surface area contributed by atoms with E-state index in [1.807, 2.05) is 72.8 Å². The number of ether oxygens (including phenoxy) is 1. The first-order chi connectivity index (χ1) is 17.1. The van der Waals surface area contributed by atoms with Crippen molar-refractivity contribution < 1.29 is 9.53 Å². The summed E-state index contributed by atoms with van der Waals surface area (Å²) < 4.78 is 5.53. The van der Waals surface area contributed by atoms with Gasteiger partial charge in [-0.2, -0.15) is 0 Å². The normalized spacial score (nSPS) is 17.2. The van der Waals surface area contributed by atoms with Crippen molar-refractivity contribution in [2.75, 3.05) is 16.8 Å². The third kappa shape index (κ3) is 5.03. The maximum atomic E-state index is 12.3. The first kappa shape index (κ1) is 23.0. The van der Waals surface area contributed by atoms with Crippen molar-refractivity contribution in [2.24, 2.45) is 0 Å². The fraction of sp³-hybridized carbons (Fsp3) is 0.148. The van der Waals surface area contributed by atoms with Crippen LogP contribution in [-0.4, -0.2) is 22.6 Å². The van der Waals surface area contributed by atoms with Gasteiger partial charge < -0.3 is 20.3 Å². The molecule has 35 heavy (non-hydrogen) atoms. The molecule has 1 amide bonds. The molecule has 4 aromatic rings. The highest BCUT2D eigenvalue weighted by Crippen LogP contribution is 2.44. The Morgan fingerprint density at radius 1 is 1.09 bits per heavy atom. The van der Waals surface area contributed by atoms with Gasteiger partial charge in [-0.1, -0.05) is 24.3 Å². The van der Waals surface area contributed by atoms with Gasteiger partial charge in [0.25, 0.3) is 5.91 Å². The van der Waals surface area contributed by atoms with E-state index < -0.39 is 0 Å². The molecule has 0 saturated carbocycles. The summed E-state index contributed by atoms with van der Waals surface area (Å²) in [6.07, 6.45) is 1.81. The summed E-state index contributed by atoms with van der Waals surface area (Å²) in [5, 5.41) is 9.12. The molecule has 1 fully saturated rings. The number of para-hydroxylation sites is 1. The third-order valence-electron chi connectivity index (χ3n) is 5.81. The van der Waals surface area contributed by atoms with Gasteiger partial charge >= 0.3 is 0 Å². The van der Waals surface area contributed by atoms with E-state index in [1.165, 1.54) is 10.4 Å². The van der Waals surface area contributed by atoms with Gasteiger partial charge in [0.05, 0.1) is 17.8 Å². The number of carbonyl (C=O) groups excluding carboxylic acids is 1. The predicted molar refractivity (Wildman–Crippen MR) is 144 cm³/mol. The Kier molecular flexibility index (Phi) is 6.74. The number of rotatable bonds is 7. The number of amides is 1. The van der Waals surface area contributed by atoms with Gasteiger partial charge in [-0.3, -0.25) is 9.78 Å². The van der Waals surface area contributed by atoms with Crippen molar-refractivity contribution in [1.82, 2.24) is 10.3 Å². The Morgan fingerprint density at radius 3 is 2.54 bits per heavy atom. The highest BCUT2D eigenvalue weighted by atomic mass is 32.1. The molecule has 5 rings (SSSR count). The van der Waals surface area contributed by atoms with E-state index in [0.717, 1.165) is 11.4 Å². The van der Waals surface area contributed by atoms with Crippen LogP contribution in [0.4, 0.5) is 11.4 Å². The van der Waals surface area contributed by atoms with Crippen LogP contribution in [0.3, 0.4) is 0 Å². The Bertz CT molecular complexity index is 1310. The molecule has 0 radical (unpaired) electrons. The maximum absolute atomic E-state index is 12.3. The molecule has 2 N–H and O–H groups in total. The van der Waals surface area contributed by atoms with E-state index in [4.69, 9.17) is 17.0 Å². The van der Waals surface area contributed by atoms with Crippen molar-refractivity contribution in [1.29, 1.82) is 0 Å². The zero-order chi connectivity index (χ0) is 24.2. The molecule has 1 aliphatic heterocycles. The van der Waals surface area contributed by atoms with Crippen LogP contribution in [0, 0.1) is 6.92 Å². The molecule has 2 aromatic heterocycles.